The van der Waals surface area contributed by atoms with Crippen LogP contribution >= 0.6 is 11.8 Å². The van der Waals surface area contributed by atoms with E-state index in [1.54, 1.807) is 6.92 Å². The van der Waals surface area contributed by atoms with E-state index >= 15 is 0 Å². The molecule has 1 saturated heterocycles. The number of nitrogens with zero attached hydrogens (tertiary/aromatic N) is 1. The van der Waals surface area contributed by atoms with Crippen molar-refractivity contribution < 1.29 is 32.3 Å². The van der Waals surface area contributed by atoms with Gasteiger partial charge in [0.1, 0.15) is 11.6 Å². The van der Waals surface area contributed by atoms with Gasteiger partial charge in [-0.3, -0.25) is 19.3 Å². The van der Waals surface area contributed by atoms with Crippen molar-refractivity contribution in [2.45, 2.75) is 13.5 Å². The summed E-state index contributed by atoms with van der Waals surface area (Å²) in [5.74, 6) is -1.58. The first-order valence-corrected chi connectivity index (χ1v) is 9.91. The molecular formula is C21H17F3N2O4S. The van der Waals surface area contributed by atoms with Crippen LogP contribution in [0.5, 0.6) is 5.75 Å². The van der Waals surface area contributed by atoms with E-state index in [1.807, 2.05) is 0 Å². The molecule has 1 aliphatic rings. The monoisotopic (exact) mass is 450 g/mol. The second-order valence-corrected chi connectivity index (χ2v) is 7.49. The number of alkyl halides is 2. The highest BCUT2D eigenvalue weighted by Gasteiger charge is 2.34. The van der Waals surface area contributed by atoms with Crippen LogP contribution < -0.4 is 10.1 Å². The molecular weight excluding hydrogens is 433 g/mol. The summed E-state index contributed by atoms with van der Waals surface area (Å²) in [6.45, 7) is -1.41. The summed E-state index contributed by atoms with van der Waals surface area (Å²) in [6.07, 6.45) is 1.46. The minimum Gasteiger partial charge on any atom is -0.435 e. The van der Waals surface area contributed by atoms with Crippen LogP contribution in [-0.4, -0.2) is 41.7 Å². The zero-order valence-corrected chi connectivity index (χ0v) is 17.0. The lowest BCUT2D eigenvalue weighted by molar-refractivity contribution is -0.122. The SMILES string of the molecule is Cc1ccc(C(=O)NCCN2C(=O)S/C(=C\c3ccc(OC(F)F)cc3)C2=O)cc1F. The summed E-state index contributed by atoms with van der Waals surface area (Å²) in [5, 5.41) is 2.05. The molecule has 162 valence electrons. The highest BCUT2D eigenvalue weighted by molar-refractivity contribution is 8.18. The Morgan fingerprint density at radius 1 is 1.19 bits per heavy atom. The number of carbonyl (C=O) groups is 3. The fourth-order valence-corrected chi connectivity index (χ4v) is 3.57. The summed E-state index contributed by atoms with van der Waals surface area (Å²) in [4.78, 5) is 37.9. The van der Waals surface area contributed by atoms with Crippen molar-refractivity contribution in [2.24, 2.45) is 0 Å². The molecule has 1 N–H and O–H groups in total. The number of hydrogen-bond acceptors (Lipinski definition) is 5. The van der Waals surface area contributed by atoms with Crippen LogP contribution in [-0.2, 0) is 4.79 Å². The number of thioether (sulfide) groups is 1. The maximum atomic E-state index is 13.6. The average molecular weight is 450 g/mol. The molecule has 3 rings (SSSR count). The van der Waals surface area contributed by atoms with Gasteiger partial charge in [-0.25, -0.2) is 4.39 Å². The lowest BCUT2D eigenvalue weighted by Gasteiger charge is -2.13. The first kappa shape index (κ1) is 22.4. The summed E-state index contributed by atoms with van der Waals surface area (Å²) >= 11 is 0.735. The van der Waals surface area contributed by atoms with Gasteiger partial charge in [0.05, 0.1) is 4.91 Å². The van der Waals surface area contributed by atoms with E-state index in [9.17, 15) is 27.6 Å². The first-order valence-electron chi connectivity index (χ1n) is 9.09. The number of benzene rings is 2. The molecule has 2 aromatic rings. The minimum absolute atomic E-state index is 0.000682. The molecule has 1 aliphatic heterocycles. The maximum Gasteiger partial charge on any atom is 0.387 e. The number of nitrogens with one attached hydrogen (secondary N) is 1. The Balaban J connectivity index is 1.58. The lowest BCUT2D eigenvalue weighted by Crippen LogP contribution is -2.37. The van der Waals surface area contributed by atoms with Gasteiger partial charge in [0.2, 0.25) is 0 Å². The van der Waals surface area contributed by atoms with Crippen LogP contribution in [0.1, 0.15) is 21.5 Å². The molecule has 0 atom stereocenters. The second kappa shape index (κ2) is 9.69. The van der Waals surface area contributed by atoms with Crippen molar-refractivity contribution in [1.29, 1.82) is 0 Å². The maximum absolute atomic E-state index is 13.6. The molecule has 0 bridgehead atoms. The fraction of sp³-hybridized carbons (Fsp3) is 0.190. The van der Waals surface area contributed by atoms with Gasteiger partial charge >= 0.3 is 6.61 Å². The number of hydrogen-bond donors (Lipinski definition) is 1. The Hall–Kier alpha value is -3.27. The Kier molecular flexibility index (Phi) is 7.01. The van der Waals surface area contributed by atoms with Crippen molar-refractivity contribution in [3.63, 3.8) is 0 Å². The highest BCUT2D eigenvalue weighted by atomic mass is 32.2. The van der Waals surface area contributed by atoms with E-state index in [1.165, 1.54) is 42.5 Å². The Morgan fingerprint density at radius 2 is 1.90 bits per heavy atom. The highest BCUT2D eigenvalue weighted by Crippen LogP contribution is 2.32. The van der Waals surface area contributed by atoms with Crippen LogP contribution in [0.4, 0.5) is 18.0 Å². The van der Waals surface area contributed by atoms with Crippen molar-refractivity contribution >= 4 is 34.9 Å². The molecule has 0 unspecified atom stereocenters. The van der Waals surface area contributed by atoms with Crippen LogP contribution in [0.25, 0.3) is 6.08 Å². The van der Waals surface area contributed by atoms with Crippen LogP contribution in [0.2, 0.25) is 0 Å². The minimum atomic E-state index is -2.94. The number of imide groups is 1. The molecule has 0 aromatic heterocycles. The zero-order valence-electron chi connectivity index (χ0n) is 16.2. The number of carbonyl (C=O) groups excluding carboxylic acids is 3. The third-order valence-corrected chi connectivity index (χ3v) is 5.24. The number of amides is 3. The average Bonchev–Trinajstić information content (AvgIpc) is 2.98. The molecule has 3 amide bonds. The smallest absolute Gasteiger partial charge is 0.387 e. The number of aryl methyl sites for hydroxylation is 1. The lowest BCUT2D eigenvalue weighted by atomic mass is 10.1. The van der Waals surface area contributed by atoms with Gasteiger partial charge in [-0.15, -0.1) is 0 Å². The predicted octanol–water partition coefficient (Wildman–Crippen LogP) is 4.20. The van der Waals surface area contributed by atoms with Gasteiger partial charge in [0.25, 0.3) is 17.1 Å². The summed E-state index contributed by atoms with van der Waals surface area (Å²) < 4.78 is 42.2. The van der Waals surface area contributed by atoms with Gasteiger partial charge in [-0.2, -0.15) is 8.78 Å². The number of rotatable bonds is 7. The molecule has 0 aliphatic carbocycles. The number of ether oxygens (including phenoxy) is 1. The molecule has 1 heterocycles. The third kappa shape index (κ3) is 5.66. The molecule has 10 heteroatoms. The summed E-state index contributed by atoms with van der Waals surface area (Å²) in [6, 6.07) is 9.69. The van der Waals surface area contributed by atoms with E-state index in [4.69, 9.17) is 0 Å². The van der Waals surface area contributed by atoms with Crippen LogP contribution in [0.3, 0.4) is 0 Å². The Morgan fingerprint density at radius 3 is 2.55 bits per heavy atom. The second-order valence-electron chi connectivity index (χ2n) is 6.50. The Labute approximate surface area is 180 Å². The topological polar surface area (TPSA) is 75.7 Å². The van der Waals surface area contributed by atoms with Crippen LogP contribution in [0.15, 0.2) is 47.4 Å². The quantitative estimate of drug-likeness (QED) is 0.640. The first-order chi connectivity index (χ1) is 14.7. The zero-order chi connectivity index (χ0) is 22.5. The molecule has 0 saturated carbocycles. The summed E-state index contributed by atoms with van der Waals surface area (Å²) in [5.41, 5.74) is 1.08. The molecule has 0 radical (unpaired) electrons. The molecule has 2 aromatic carbocycles. The van der Waals surface area contributed by atoms with E-state index < -0.39 is 29.5 Å². The third-order valence-electron chi connectivity index (χ3n) is 4.33. The van der Waals surface area contributed by atoms with Gasteiger partial charge in [-0.1, -0.05) is 18.2 Å². The molecule has 31 heavy (non-hydrogen) atoms. The van der Waals surface area contributed by atoms with Gasteiger partial charge < -0.3 is 10.1 Å². The predicted molar refractivity (Wildman–Crippen MR) is 109 cm³/mol. The van der Waals surface area contributed by atoms with E-state index in [2.05, 4.69) is 10.1 Å². The Bertz CT molecular complexity index is 1040. The largest absolute Gasteiger partial charge is 0.435 e. The van der Waals surface area contributed by atoms with Gasteiger partial charge in [-0.05, 0) is 60.2 Å². The fourth-order valence-electron chi connectivity index (χ4n) is 2.71. The van der Waals surface area contributed by atoms with Crippen molar-refractivity contribution in [2.75, 3.05) is 13.1 Å². The van der Waals surface area contributed by atoms with Crippen LogP contribution in [0, 0.1) is 12.7 Å². The van der Waals surface area contributed by atoms with E-state index in [0.29, 0.717) is 11.1 Å². The molecule has 1 fully saturated rings. The van der Waals surface area contributed by atoms with Crippen molar-refractivity contribution in [3.05, 3.63) is 69.9 Å². The van der Waals surface area contributed by atoms with E-state index in [-0.39, 0.29) is 29.3 Å². The molecule has 0 spiro atoms. The number of halogens is 3. The van der Waals surface area contributed by atoms with Gasteiger partial charge in [0, 0.05) is 18.7 Å². The van der Waals surface area contributed by atoms with Gasteiger partial charge in [0.15, 0.2) is 0 Å². The van der Waals surface area contributed by atoms with Crippen molar-refractivity contribution in [1.82, 2.24) is 10.2 Å². The molecule has 6 nitrogen and oxygen atoms in total. The van der Waals surface area contributed by atoms with Crippen molar-refractivity contribution in [3.8, 4) is 5.75 Å². The van der Waals surface area contributed by atoms with E-state index in [0.717, 1.165) is 22.7 Å². The summed E-state index contributed by atoms with van der Waals surface area (Å²) in [7, 11) is 0. The standard InChI is InChI=1S/C21H17F3N2O4S/c1-12-2-5-14(11-16(12)22)18(27)25-8-9-26-19(28)17(31-21(26)29)10-13-3-6-15(7-4-13)30-20(23)24/h2-7,10-11,20H,8-9H2,1H3,(H,25,27)/b17-10-. The normalized spacial score (nSPS) is 15.1.